The molecule has 0 saturated carbocycles. The van der Waals surface area contributed by atoms with Crippen LogP contribution < -0.4 is 15.4 Å². The first-order chi connectivity index (χ1) is 9.75. The number of methoxy groups -OCH3 is 1. The minimum atomic E-state index is 0.281. The van der Waals surface area contributed by atoms with Crippen molar-refractivity contribution in [2.75, 3.05) is 24.3 Å². The fourth-order valence-electron chi connectivity index (χ4n) is 1.69. The Morgan fingerprint density at radius 2 is 1.70 bits per heavy atom. The first kappa shape index (κ1) is 14.0. The molecule has 1 aromatic heterocycles. The van der Waals surface area contributed by atoms with Crippen molar-refractivity contribution in [1.82, 2.24) is 15.0 Å². The molecule has 1 heterocycles. The van der Waals surface area contributed by atoms with Crippen molar-refractivity contribution < 1.29 is 4.74 Å². The smallest absolute Gasteiger partial charge is 0.322 e. The molecular formula is C14H19N5O. The van der Waals surface area contributed by atoms with Crippen molar-refractivity contribution in [3.63, 3.8) is 0 Å². The van der Waals surface area contributed by atoms with Crippen LogP contribution in [0.15, 0.2) is 24.3 Å². The summed E-state index contributed by atoms with van der Waals surface area (Å²) in [5.41, 5.74) is 2.22. The Balaban J connectivity index is 2.20. The predicted octanol–water partition coefficient (Wildman–Crippen LogP) is 2.62. The van der Waals surface area contributed by atoms with Crippen LogP contribution in [0.3, 0.4) is 0 Å². The number of nitrogens with one attached hydrogen (secondary N) is 2. The summed E-state index contributed by atoms with van der Waals surface area (Å²) in [6, 6.07) is 8.44. The second-order valence-corrected chi connectivity index (χ2v) is 4.18. The Hall–Kier alpha value is -2.37. The number of ether oxygens (including phenoxy) is 1. The highest BCUT2D eigenvalue weighted by molar-refractivity contribution is 5.54. The SMILES string of the molecule is CCNc1nc(Nc2ccc(CC)cc2)nc(OC)n1. The maximum absolute atomic E-state index is 5.07. The van der Waals surface area contributed by atoms with Gasteiger partial charge < -0.3 is 15.4 Å². The van der Waals surface area contributed by atoms with E-state index in [-0.39, 0.29) is 6.01 Å². The van der Waals surface area contributed by atoms with Crippen molar-refractivity contribution in [3.05, 3.63) is 29.8 Å². The number of hydrogen-bond acceptors (Lipinski definition) is 6. The fraction of sp³-hybridized carbons (Fsp3) is 0.357. The second-order valence-electron chi connectivity index (χ2n) is 4.18. The topological polar surface area (TPSA) is 72.0 Å². The maximum atomic E-state index is 5.07. The summed E-state index contributed by atoms with van der Waals surface area (Å²) in [7, 11) is 1.53. The van der Waals surface area contributed by atoms with Crippen molar-refractivity contribution in [1.29, 1.82) is 0 Å². The van der Waals surface area contributed by atoms with Gasteiger partial charge in [-0.15, -0.1) is 0 Å². The van der Waals surface area contributed by atoms with Crippen molar-refractivity contribution >= 4 is 17.6 Å². The fourth-order valence-corrected chi connectivity index (χ4v) is 1.69. The van der Waals surface area contributed by atoms with E-state index in [4.69, 9.17) is 4.74 Å². The summed E-state index contributed by atoms with van der Waals surface area (Å²) in [5.74, 6) is 0.948. The zero-order valence-corrected chi connectivity index (χ0v) is 12.0. The normalized spacial score (nSPS) is 10.2. The third kappa shape index (κ3) is 3.57. The summed E-state index contributed by atoms with van der Waals surface area (Å²) in [5, 5.41) is 6.19. The van der Waals surface area contributed by atoms with E-state index in [9.17, 15) is 0 Å². The van der Waals surface area contributed by atoms with Crippen LogP contribution in [0.4, 0.5) is 17.6 Å². The summed E-state index contributed by atoms with van der Waals surface area (Å²) >= 11 is 0. The Morgan fingerprint density at radius 1 is 1.00 bits per heavy atom. The van der Waals surface area contributed by atoms with Gasteiger partial charge in [-0.2, -0.15) is 15.0 Å². The van der Waals surface area contributed by atoms with Crippen molar-refractivity contribution in [3.8, 4) is 6.01 Å². The molecule has 6 heteroatoms. The largest absolute Gasteiger partial charge is 0.467 e. The Bertz CT molecular complexity index is 556. The molecule has 0 saturated heterocycles. The zero-order valence-electron chi connectivity index (χ0n) is 12.0. The standard InChI is InChI=1S/C14H19N5O/c1-4-10-6-8-11(9-7-10)16-13-17-12(15-5-2)18-14(19-13)20-3/h6-9H,4-5H2,1-3H3,(H2,15,16,17,18,19). The lowest BCUT2D eigenvalue weighted by Gasteiger charge is -2.09. The Labute approximate surface area is 118 Å². The monoisotopic (exact) mass is 273 g/mol. The van der Waals surface area contributed by atoms with Crippen LogP contribution in [0.2, 0.25) is 0 Å². The number of aromatic nitrogens is 3. The highest BCUT2D eigenvalue weighted by atomic mass is 16.5. The number of rotatable bonds is 6. The molecule has 1 aromatic carbocycles. The van der Waals surface area contributed by atoms with Crippen LogP contribution >= 0.6 is 0 Å². The molecule has 0 aliphatic rings. The van der Waals surface area contributed by atoms with E-state index in [1.54, 1.807) is 0 Å². The van der Waals surface area contributed by atoms with Gasteiger partial charge in [-0.25, -0.2) is 0 Å². The van der Waals surface area contributed by atoms with Gasteiger partial charge in [0.1, 0.15) is 0 Å². The number of nitrogens with zero attached hydrogens (tertiary/aromatic N) is 3. The summed E-state index contributed by atoms with van der Waals surface area (Å²) in [4.78, 5) is 12.6. The molecule has 106 valence electrons. The molecule has 2 N–H and O–H groups in total. The van der Waals surface area contributed by atoms with Crippen LogP contribution in [-0.4, -0.2) is 28.6 Å². The summed E-state index contributed by atoms with van der Waals surface area (Å²) in [6.45, 7) is 4.84. The quantitative estimate of drug-likeness (QED) is 0.843. The molecular weight excluding hydrogens is 254 g/mol. The lowest BCUT2D eigenvalue weighted by atomic mass is 10.1. The minimum Gasteiger partial charge on any atom is -0.467 e. The second kappa shape index (κ2) is 6.70. The number of benzene rings is 1. The van der Waals surface area contributed by atoms with Crippen LogP contribution in [0.1, 0.15) is 19.4 Å². The zero-order chi connectivity index (χ0) is 14.4. The van der Waals surface area contributed by atoms with Gasteiger partial charge in [0.2, 0.25) is 11.9 Å². The maximum Gasteiger partial charge on any atom is 0.322 e. The lowest BCUT2D eigenvalue weighted by molar-refractivity contribution is 0.379. The Morgan fingerprint density at radius 3 is 2.30 bits per heavy atom. The van der Waals surface area contributed by atoms with Gasteiger partial charge in [0, 0.05) is 12.2 Å². The number of aryl methyl sites for hydroxylation is 1. The van der Waals surface area contributed by atoms with Crippen molar-refractivity contribution in [2.45, 2.75) is 20.3 Å². The number of anilines is 3. The summed E-state index contributed by atoms with van der Waals surface area (Å²) in [6.07, 6.45) is 1.02. The van der Waals surface area contributed by atoms with E-state index < -0.39 is 0 Å². The van der Waals surface area contributed by atoms with Crippen LogP contribution in [0.25, 0.3) is 0 Å². The lowest BCUT2D eigenvalue weighted by Crippen LogP contribution is -2.07. The molecule has 0 fully saturated rings. The molecule has 20 heavy (non-hydrogen) atoms. The minimum absolute atomic E-state index is 0.281. The highest BCUT2D eigenvalue weighted by Crippen LogP contribution is 2.17. The van der Waals surface area contributed by atoms with Gasteiger partial charge in [-0.05, 0) is 31.0 Å². The van der Waals surface area contributed by atoms with Crippen LogP contribution in [0, 0.1) is 0 Å². The molecule has 2 rings (SSSR count). The molecule has 0 aliphatic heterocycles. The van der Waals surface area contributed by atoms with E-state index >= 15 is 0 Å². The first-order valence-electron chi connectivity index (χ1n) is 6.65. The molecule has 0 atom stereocenters. The molecule has 0 spiro atoms. The third-order valence-corrected chi connectivity index (χ3v) is 2.75. The predicted molar refractivity (Wildman–Crippen MR) is 79.6 cm³/mol. The van der Waals surface area contributed by atoms with E-state index in [2.05, 4.69) is 44.6 Å². The van der Waals surface area contributed by atoms with Gasteiger partial charge in [0.15, 0.2) is 0 Å². The van der Waals surface area contributed by atoms with E-state index in [1.807, 2.05) is 19.1 Å². The van der Waals surface area contributed by atoms with E-state index in [1.165, 1.54) is 12.7 Å². The average molecular weight is 273 g/mol. The number of hydrogen-bond donors (Lipinski definition) is 2. The van der Waals surface area contributed by atoms with Gasteiger partial charge >= 0.3 is 6.01 Å². The molecule has 6 nitrogen and oxygen atoms in total. The van der Waals surface area contributed by atoms with Crippen LogP contribution in [0.5, 0.6) is 6.01 Å². The van der Waals surface area contributed by atoms with Gasteiger partial charge in [0.05, 0.1) is 7.11 Å². The van der Waals surface area contributed by atoms with Gasteiger partial charge in [-0.1, -0.05) is 19.1 Å². The van der Waals surface area contributed by atoms with E-state index in [0.29, 0.717) is 11.9 Å². The summed E-state index contributed by atoms with van der Waals surface area (Å²) < 4.78 is 5.07. The van der Waals surface area contributed by atoms with Gasteiger partial charge in [-0.3, -0.25) is 0 Å². The molecule has 0 aliphatic carbocycles. The molecule has 0 amide bonds. The Kier molecular flexibility index (Phi) is 4.70. The third-order valence-electron chi connectivity index (χ3n) is 2.75. The molecule has 0 unspecified atom stereocenters. The van der Waals surface area contributed by atoms with Crippen molar-refractivity contribution in [2.24, 2.45) is 0 Å². The van der Waals surface area contributed by atoms with E-state index in [0.717, 1.165) is 18.7 Å². The molecule has 0 radical (unpaired) electrons. The van der Waals surface area contributed by atoms with Gasteiger partial charge in [0.25, 0.3) is 0 Å². The van der Waals surface area contributed by atoms with Crippen LogP contribution in [-0.2, 0) is 6.42 Å². The molecule has 2 aromatic rings. The molecule has 0 bridgehead atoms. The highest BCUT2D eigenvalue weighted by Gasteiger charge is 2.06. The average Bonchev–Trinajstić information content (AvgIpc) is 2.48. The first-order valence-corrected chi connectivity index (χ1v) is 6.65.